The van der Waals surface area contributed by atoms with Gasteiger partial charge >= 0.3 is 0 Å². The highest BCUT2D eigenvalue weighted by atomic mass is 16.2. The molecular formula is C22H23N3O3. The van der Waals surface area contributed by atoms with E-state index in [0.29, 0.717) is 32.1 Å². The van der Waals surface area contributed by atoms with Crippen molar-refractivity contribution in [2.24, 2.45) is 11.8 Å². The lowest BCUT2D eigenvalue weighted by Gasteiger charge is -2.43. The van der Waals surface area contributed by atoms with E-state index in [0.717, 1.165) is 17.8 Å². The molecule has 0 saturated carbocycles. The summed E-state index contributed by atoms with van der Waals surface area (Å²) in [4.78, 5) is 41.5. The summed E-state index contributed by atoms with van der Waals surface area (Å²) in [5.74, 6) is 0.307. The molecule has 2 amide bonds. The number of nitrogens with zero attached hydrogens (tertiary/aromatic N) is 3. The normalized spacial score (nSPS) is 26.3. The molecule has 2 bridgehead atoms. The van der Waals surface area contributed by atoms with Crippen LogP contribution in [0.2, 0.25) is 0 Å². The third kappa shape index (κ3) is 2.84. The molecular weight excluding hydrogens is 354 g/mol. The summed E-state index contributed by atoms with van der Waals surface area (Å²) < 4.78 is 1.87. The second kappa shape index (κ2) is 6.62. The smallest absolute Gasteiger partial charge is 0.250 e. The number of hydrogen-bond donors (Lipinski definition) is 0. The Labute approximate surface area is 163 Å². The first kappa shape index (κ1) is 17.2. The van der Waals surface area contributed by atoms with Crippen molar-refractivity contribution in [3.8, 4) is 0 Å². The molecule has 3 aliphatic heterocycles. The van der Waals surface area contributed by atoms with Crippen LogP contribution >= 0.6 is 0 Å². The Hall–Kier alpha value is -2.89. The molecule has 4 heterocycles. The molecule has 6 heteroatoms. The van der Waals surface area contributed by atoms with Gasteiger partial charge in [0.2, 0.25) is 11.8 Å². The summed E-state index contributed by atoms with van der Waals surface area (Å²) in [6, 6.07) is 15.0. The predicted molar refractivity (Wildman–Crippen MR) is 105 cm³/mol. The van der Waals surface area contributed by atoms with Gasteiger partial charge in [0.25, 0.3) is 5.56 Å². The van der Waals surface area contributed by atoms with E-state index in [1.54, 1.807) is 11.0 Å². The van der Waals surface area contributed by atoms with Gasteiger partial charge in [0, 0.05) is 56.0 Å². The molecule has 6 nitrogen and oxygen atoms in total. The fourth-order valence-corrected chi connectivity index (χ4v) is 5.07. The van der Waals surface area contributed by atoms with Crippen LogP contribution in [0.3, 0.4) is 0 Å². The Morgan fingerprint density at radius 2 is 1.71 bits per heavy atom. The number of carbonyl (C=O) groups excluding carboxylic acids is 2. The number of piperidine rings is 1. The lowest BCUT2D eigenvalue weighted by atomic mass is 9.82. The van der Waals surface area contributed by atoms with Crippen molar-refractivity contribution in [2.45, 2.75) is 25.3 Å². The Morgan fingerprint density at radius 1 is 0.893 bits per heavy atom. The van der Waals surface area contributed by atoms with E-state index >= 15 is 0 Å². The van der Waals surface area contributed by atoms with Gasteiger partial charge in [-0.3, -0.25) is 14.4 Å². The average molecular weight is 377 g/mol. The molecule has 0 N–H and O–H groups in total. The van der Waals surface area contributed by atoms with Crippen LogP contribution in [0.1, 0.15) is 24.5 Å². The quantitative estimate of drug-likeness (QED) is 0.802. The van der Waals surface area contributed by atoms with Crippen LogP contribution in [-0.2, 0) is 16.1 Å². The fraction of sp³-hybridized carbons (Fsp3) is 0.409. The van der Waals surface area contributed by atoms with Crippen LogP contribution in [-0.4, -0.2) is 40.9 Å². The lowest BCUT2D eigenvalue weighted by molar-refractivity contribution is -0.138. The van der Waals surface area contributed by atoms with E-state index < -0.39 is 0 Å². The molecule has 0 radical (unpaired) electrons. The third-order valence-corrected chi connectivity index (χ3v) is 6.33. The first-order chi connectivity index (χ1) is 13.6. The highest BCUT2D eigenvalue weighted by Crippen LogP contribution is 2.36. The molecule has 0 aliphatic carbocycles. The van der Waals surface area contributed by atoms with E-state index in [-0.39, 0.29) is 35.6 Å². The van der Waals surface area contributed by atoms with Gasteiger partial charge in [-0.25, -0.2) is 0 Å². The van der Waals surface area contributed by atoms with E-state index in [4.69, 9.17) is 0 Å². The molecule has 3 atom stereocenters. The van der Waals surface area contributed by atoms with Crippen LogP contribution < -0.4 is 10.5 Å². The molecule has 0 spiro atoms. The van der Waals surface area contributed by atoms with E-state index in [9.17, 15) is 14.4 Å². The Bertz CT molecular complexity index is 984. The number of aromatic nitrogens is 1. The minimum Gasteiger partial charge on any atom is -0.341 e. The van der Waals surface area contributed by atoms with Gasteiger partial charge in [-0.15, -0.1) is 0 Å². The molecule has 2 aromatic rings. The van der Waals surface area contributed by atoms with Crippen molar-refractivity contribution in [1.29, 1.82) is 0 Å². The van der Waals surface area contributed by atoms with Gasteiger partial charge in [-0.1, -0.05) is 24.3 Å². The zero-order valence-corrected chi connectivity index (χ0v) is 15.7. The molecule has 2 saturated heterocycles. The number of para-hydroxylation sites is 1. The van der Waals surface area contributed by atoms with Crippen LogP contribution in [0.5, 0.6) is 0 Å². The summed E-state index contributed by atoms with van der Waals surface area (Å²) in [6.45, 7) is 2.43. The van der Waals surface area contributed by atoms with Gasteiger partial charge in [0.15, 0.2) is 0 Å². The van der Waals surface area contributed by atoms with Crippen molar-refractivity contribution < 1.29 is 9.59 Å². The van der Waals surface area contributed by atoms with Crippen LogP contribution in [0.4, 0.5) is 5.69 Å². The zero-order valence-electron chi connectivity index (χ0n) is 15.7. The maximum Gasteiger partial charge on any atom is 0.250 e. The molecule has 1 aromatic heterocycles. The van der Waals surface area contributed by atoms with Crippen molar-refractivity contribution >= 4 is 17.5 Å². The number of amides is 2. The summed E-state index contributed by atoms with van der Waals surface area (Å²) in [6.07, 6.45) is 1.29. The lowest BCUT2D eigenvalue weighted by Crippen LogP contribution is -2.50. The van der Waals surface area contributed by atoms with Crippen molar-refractivity contribution in [2.75, 3.05) is 24.5 Å². The first-order valence-electron chi connectivity index (χ1n) is 9.94. The molecule has 0 unspecified atom stereocenters. The molecule has 1 aromatic carbocycles. The fourth-order valence-electron chi connectivity index (χ4n) is 5.07. The van der Waals surface area contributed by atoms with Crippen molar-refractivity contribution in [1.82, 2.24) is 9.47 Å². The molecule has 28 heavy (non-hydrogen) atoms. The summed E-state index contributed by atoms with van der Waals surface area (Å²) >= 11 is 0. The highest BCUT2D eigenvalue weighted by Gasteiger charge is 2.41. The molecule has 3 aliphatic rings. The SMILES string of the molecule is O=C([C@H]1CC(=O)N(c2ccccc2)C1)N1C[C@@H]2C[C@H](C1)c1cccc(=O)n1C2. The number of carbonyl (C=O) groups is 2. The maximum absolute atomic E-state index is 13.2. The van der Waals surface area contributed by atoms with Crippen LogP contribution in [0, 0.1) is 11.8 Å². The number of likely N-dealkylation sites (tertiary alicyclic amines) is 1. The van der Waals surface area contributed by atoms with Gasteiger partial charge in [-0.05, 0) is 30.5 Å². The maximum atomic E-state index is 13.2. The number of rotatable bonds is 2. The van der Waals surface area contributed by atoms with E-state index in [2.05, 4.69) is 0 Å². The second-order valence-corrected chi connectivity index (χ2v) is 8.18. The number of benzene rings is 1. The summed E-state index contributed by atoms with van der Waals surface area (Å²) in [5.41, 5.74) is 1.94. The molecule has 144 valence electrons. The summed E-state index contributed by atoms with van der Waals surface area (Å²) in [5, 5.41) is 0. The Morgan fingerprint density at radius 3 is 2.54 bits per heavy atom. The van der Waals surface area contributed by atoms with Gasteiger partial charge < -0.3 is 14.4 Å². The minimum atomic E-state index is -0.288. The minimum absolute atomic E-state index is 0.0126. The molecule has 5 rings (SSSR count). The third-order valence-electron chi connectivity index (χ3n) is 6.33. The van der Waals surface area contributed by atoms with Gasteiger partial charge in [0.1, 0.15) is 0 Å². The number of pyridine rings is 1. The topological polar surface area (TPSA) is 62.6 Å². The Kier molecular flexibility index (Phi) is 4.07. The van der Waals surface area contributed by atoms with Gasteiger partial charge in [-0.2, -0.15) is 0 Å². The number of fused-ring (bicyclic) bond motifs is 4. The van der Waals surface area contributed by atoms with Crippen molar-refractivity contribution in [3.63, 3.8) is 0 Å². The highest BCUT2D eigenvalue weighted by molar-refractivity contribution is 6.00. The van der Waals surface area contributed by atoms with Crippen LogP contribution in [0.25, 0.3) is 0 Å². The number of hydrogen-bond acceptors (Lipinski definition) is 3. The monoisotopic (exact) mass is 377 g/mol. The first-order valence-corrected chi connectivity index (χ1v) is 9.94. The second-order valence-electron chi connectivity index (χ2n) is 8.18. The Balaban J connectivity index is 1.33. The largest absolute Gasteiger partial charge is 0.341 e. The van der Waals surface area contributed by atoms with Gasteiger partial charge in [0.05, 0.1) is 5.92 Å². The standard InChI is InChI=1S/C22H23N3O3/c26-20-8-4-7-19-16-9-15(12-25(19)20)11-23(13-16)22(28)17-10-21(27)24(14-17)18-5-2-1-3-6-18/h1-8,15-17H,9-14H2/t15-,16+,17-/m0/s1. The summed E-state index contributed by atoms with van der Waals surface area (Å²) in [7, 11) is 0. The van der Waals surface area contributed by atoms with Crippen LogP contribution in [0.15, 0.2) is 53.3 Å². The van der Waals surface area contributed by atoms with E-state index in [1.807, 2.05) is 51.9 Å². The predicted octanol–water partition coefficient (Wildman–Crippen LogP) is 1.85. The number of anilines is 1. The van der Waals surface area contributed by atoms with E-state index in [1.165, 1.54) is 0 Å². The molecule has 2 fully saturated rings. The zero-order chi connectivity index (χ0) is 19.3. The van der Waals surface area contributed by atoms with Crippen molar-refractivity contribution in [3.05, 3.63) is 64.6 Å². The average Bonchev–Trinajstić information content (AvgIpc) is 3.10.